The number of hydrogen-bond acceptors (Lipinski definition) is 8. The molecule has 7 aliphatic rings. The molecule has 1 amide bonds. The third-order valence-corrected chi connectivity index (χ3v) is 11.4. The number of halogens is 1. The molecule has 10 heteroatoms. The maximum atomic E-state index is 16.1. The summed E-state index contributed by atoms with van der Waals surface area (Å²) in [6.07, 6.45) is 9.39. The van der Waals surface area contributed by atoms with Crippen molar-refractivity contribution in [3.05, 3.63) is 11.8 Å². The minimum absolute atomic E-state index is 0.0210. The molecule has 3 aliphatic carbocycles. The number of rotatable bonds is 7. The Hall–Kier alpha value is -1.59. The van der Waals surface area contributed by atoms with Crippen molar-refractivity contribution < 1.29 is 28.2 Å². The number of ketones is 1. The van der Waals surface area contributed by atoms with Crippen molar-refractivity contribution in [1.82, 2.24) is 20.0 Å². The van der Waals surface area contributed by atoms with Crippen LogP contribution in [-0.2, 0) is 23.8 Å². The smallest absolute Gasteiger partial charge is 0.259 e. The van der Waals surface area contributed by atoms with Gasteiger partial charge in [0.15, 0.2) is 5.78 Å². The van der Waals surface area contributed by atoms with Crippen molar-refractivity contribution in [2.24, 2.45) is 17.8 Å². The molecular formula is C32H49FN4O5. The molecule has 7 rings (SSSR count). The van der Waals surface area contributed by atoms with E-state index >= 15 is 4.39 Å². The van der Waals surface area contributed by atoms with Crippen LogP contribution in [0.15, 0.2) is 11.8 Å². The SMILES string of the molecule is CN(C)CCCCNC1C(F)CC2C(=O)C(C(=O)N3CCOCC3)=CN3C4CC5OC6CCCCC6C5CC4OC1C23. The van der Waals surface area contributed by atoms with Crippen LogP contribution in [0.1, 0.15) is 57.8 Å². The molecule has 234 valence electrons. The van der Waals surface area contributed by atoms with Crippen LogP contribution in [0, 0.1) is 17.8 Å². The minimum Gasteiger partial charge on any atom is -0.378 e. The Labute approximate surface area is 249 Å². The lowest BCUT2D eigenvalue weighted by atomic mass is 9.67. The number of fused-ring (bicyclic) bond motifs is 5. The lowest BCUT2D eigenvalue weighted by molar-refractivity contribution is -0.209. The highest BCUT2D eigenvalue weighted by Crippen LogP contribution is 2.52. The lowest BCUT2D eigenvalue weighted by Crippen LogP contribution is -2.73. The van der Waals surface area contributed by atoms with Crippen LogP contribution in [0.3, 0.4) is 0 Å². The third-order valence-electron chi connectivity index (χ3n) is 11.4. The molecular weight excluding hydrogens is 539 g/mol. The number of nitrogens with zero attached hydrogens (tertiary/aromatic N) is 3. The van der Waals surface area contributed by atoms with E-state index in [2.05, 4.69) is 29.2 Å². The third kappa shape index (κ3) is 5.23. The van der Waals surface area contributed by atoms with Crippen molar-refractivity contribution >= 4 is 11.7 Å². The Morgan fingerprint density at radius 2 is 1.83 bits per heavy atom. The summed E-state index contributed by atoms with van der Waals surface area (Å²) >= 11 is 0. The second-order valence-electron chi connectivity index (χ2n) is 14.1. The van der Waals surface area contributed by atoms with Gasteiger partial charge in [0.05, 0.1) is 61.3 Å². The van der Waals surface area contributed by atoms with E-state index in [-0.39, 0.29) is 48.0 Å². The number of ether oxygens (including phenoxy) is 3. The summed E-state index contributed by atoms with van der Waals surface area (Å²) in [6.45, 7) is 3.61. The topological polar surface area (TPSA) is 83.6 Å². The van der Waals surface area contributed by atoms with Gasteiger partial charge in [-0.05, 0) is 84.0 Å². The maximum absolute atomic E-state index is 16.1. The van der Waals surface area contributed by atoms with Crippen LogP contribution in [0.4, 0.5) is 4.39 Å². The zero-order valence-corrected chi connectivity index (χ0v) is 25.3. The van der Waals surface area contributed by atoms with E-state index in [9.17, 15) is 9.59 Å². The van der Waals surface area contributed by atoms with Crippen LogP contribution >= 0.6 is 0 Å². The standard InChI is InChI=1S/C32H49FN4O5/c1-35(2)10-6-5-9-34-28-23(33)15-21-29-31(28)42-27-16-20-19-7-3-4-8-25(19)41-26(20)17-24(27)37(29)18-22(30(21)38)32(39)36-11-13-40-14-12-36/h18-21,23-29,31,34H,3-17H2,1-2H3. The van der Waals surface area contributed by atoms with Gasteiger partial charge in [-0.1, -0.05) is 12.8 Å². The van der Waals surface area contributed by atoms with E-state index in [0.717, 1.165) is 45.2 Å². The number of hydrogen-bond donors (Lipinski definition) is 1. The molecule has 3 saturated carbocycles. The molecule has 6 fully saturated rings. The van der Waals surface area contributed by atoms with Gasteiger partial charge in [0.2, 0.25) is 0 Å². The van der Waals surface area contributed by atoms with E-state index in [0.29, 0.717) is 44.2 Å². The van der Waals surface area contributed by atoms with Crippen LogP contribution in [0.25, 0.3) is 0 Å². The van der Waals surface area contributed by atoms with E-state index < -0.39 is 24.2 Å². The fourth-order valence-electron chi connectivity index (χ4n) is 9.38. The van der Waals surface area contributed by atoms with E-state index in [1.54, 1.807) is 4.90 Å². The first-order chi connectivity index (χ1) is 20.4. The first-order valence-corrected chi connectivity index (χ1v) is 16.6. The monoisotopic (exact) mass is 588 g/mol. The summed E-state index contributed by atoms with van der Waals surface area (Å²) in [6, 6.07) is -0.717. The number of amides is 1. The van der Waals surface area contributed by atoms with Gasteiger partial charge in [-0.2, -0.15) is 0 Å². The minimum atomic E-state index is -1.21. The number of Topliss-reactive ketones (excluding diaryl/α,β-unsaturated/α-hetero) is 1. The van der Waals surface area contributed by atoms with Gasteiger partial charge >= 0.3 is 0 Å². The number of carbonyl (C=O) groups is 2. The predicted octanol–water partition coefficient (Wildman–Crippen LogP) is 2.14. The Kier molecular flexibility index (Phi) is 8.37. The Bertz CT molecular complexity index is 1050. The van der Waals surface area contributed by atoms with E-state index in [1.807, 2.05) is 6.20 Å². The summed E-state index contributed by atoms with van der Waals surface area (Å²) in [4.78, 5) is 33.8. The van der Waals surface area contributed by atoms with Gasteiger partial charge in [0.1, 0.15) is 6.17 Å². The molecule has 4 heterocycles. The molecule has 11 atom stereocenters. The van der Waals surface area contributed by atoms with Crippen LogP contribution < -0.4 is 5.32 Å². The van der Waals surface area contributed by atoms with Gasteiger partial charge in [0.25, 0.3) is 5.91 Å². The molecule has 0 radical (unpaired) electrons. The first-order valence-electron chi connectivity index (χ1n) is 16.6. The maximum Gasteiger partial charge on any atom is 0.259 e. The molecule has 1 N–H and O–H groups in total. The largest absolute Gasteiger partial charge is 0.378 e. The molecule has 9 nitrogen and oxygen atoms in total. The number of unbranched alkanes of at least 4 members (excludes halogenated alkanes) is 1. The van der Waals surface area contributed by atoms with Crippen LogP contribution in [0.2, 0.25) is 0 Å². The molecule has 0 bridgehead atoms. The molecule has 11 unspecified atom stereocenters. The van der Waals surface area contributed by atoms with Crippen molar-refractivity contribution in [3.8, 4) is 0 Å². The fourth-order valence-corrected chi connectivity index (χ4v) is 9.38. The number of carbonyl (C=O) groups excluding carboxylic acids is 2. The molecule has 0 aromatic rings. The summed E-state index contributed by atoms with van der Waals surface area (Å²) in [5, 5.41) is 3.53. The zero-order chi connectivity index (χ0) is 29.0. The Balaban J connectivity index is 1.18. The van der Waals surface area contributed by atoms with Gasteiger partial charge in [0, 0.05) is 25.2 Å². The average Bonchev–Trinajstić information content (AvgIpc) is 3.35. The molecule has 42 heavy (non-hydrogen) atoms. The molecule has 0 aromatic heterocycles. The normalized spacial score (nSPS) is 42.9. The quantitative estimate of drug-likeness (QED) is 0.358. The molecule has 3 saturated heterocycles. The van der Waals surface area contributed by atoms with Crippen molar-refractivity contribution in [2.75, 3.05) is 53.5 Å². The predicted molar refractivity (Wildman–Crippen MR) is 154 cm³/mol. The zero-order valence-electron chi connectivity index (χ0n) is 25.3. The number of morpholine rings is 2. The van der Waals surface area contributed by atoms with Gasteiger partial charge in [-0.3, -0.25) is 9.59 Å². The van der Waals surface area contributed by atoms with Gasteiger partial charge in [-0.25, -0.2) is 4.39 Å². The highest BCUT2D eigenvalue weighted by Gasteiger charge is 2.61. The summed E-state index contributed by atoms with van der Waals surface area (Å²) in [5.74, 6) is 0.00325. The van der Waals surface area contributed by atoms with Crippen molar-refractivity contribution in [3.63, 3.8) is 0 Å². The van der Waals surface area contributed by atoms with Crippen molar-refractivity contribution in [2.45, 2.75) is 107 Å². The fraction of sp³-hybridized carbons (Fsp3) is 0.875. The van der Waals surface area contributed by atoms with Gasteiger partial charge in [-0.15, -0.1) is 0 Å². The summed E-state index contributed by atoms with van der Waals surface area (Å²) in [7, 11) is 4.14. The van der Waals surface area contributed by atoms with E-state index in [4.69, 9.17) is 14.2 Å². The Morgan fingerprint density at radius 1 is 1.02 bits per heavy atom. The highest BCUT2D eigenvalue weighted by molar-refractivity contribution is 6.20. The second-order valence-corrected chi connectivity index (χ2v) is 14.1. The summed E-state index contributed by atoms with van der Waals surface area (Å²) in [5.41, 5.74) is 0.211. The molecule has 4 aliphatic heterocycles. The molecule has 0 spiro atoms. The van der Waals surface area contributed by atoms with Crippen LogP contribution in [0.5, 0.6) is 0 Å². The van der Waals surface area contributed by atoms with E-state index in [1.165, 1.54) is 19.3 Å². The number of alkyl halides is 1. The first kappa shape index (κ1) is 29.1. The average molecular weight is 589 g/mol. The lowest BCUT2D eigenvalue weighted by Gasteiger charge is -2.60. The summed E-state index contributed by atoms with van der Waals surface area (Å²) < 4.78 is 35.2. The second kappa shape index (κ2) is 12.1. The molecule has 0 aromatic carbocycles. The highest BCUT2D eigenvalue weighted by atomic mass is 19.1. The van der Waals surface area contributed by atoms with Gasteiger partial charge < -0.3 is 34.2 Å². The van der Waals surface area contributed by atoms with Crippen molar-refractivity contribution in [1.29, 1.82) is 0 Å². The Morgan fingerprint density at radius 3 is 2.64 bits per heavy atom. The number of nitrogens with one attached hydrogen (secondary N) is 1. The van der Waals surface area contributed by atoms with Crippen LogP contribution in [-0.4, -0.2) is 129 Å².